The van der Waals surface area contributed by atoms with Crippen molar-refractivity contribution in [3.8, 4) is 16.2 Å². The number of carbonyl (C=O) groups is 1. The van der Waals surface area contributed by atoms with Crippen molar-refractivity contribution in [3.05, 3.63) is 82.9 Å². The van der Waals surface area contributed by atoms with E-state index in [1.54, 1.807) is 17.6 Å². The van der Waals surface area contributed by atoms with Crippen molar-refractivity contribution in [2.75, 3.05) is 0 Å². The monoisotopic (exact) mass is 512 g/mol. The third-order valence-electron chi connectivity index (χ3n) is 7.99. The number of benzene rings is 2. The van der Waals surface area contributed by atoms with Crippen molar-refractivity contribution in [2.45, 2.75) is 58.5 Å². The van der Waals surface area contributed by atoms with Gasteiger partial charge in [-0.25, -0.2) is 0 Å². The quantitative estimate of drug-likeness (QED) is 0.243. The maximum Gasteiger partial charge on any atom is 0.303 e. The van der Waals surface area contributed by atoms with E-state index >= 15 is 0 Å². The van der Waals surface area contributed by atoms with E-state index in [1.165, 1.54) is 27.1 Å². The van der Waals surface area contributed by atoms with E-state index in [-0.39, 0.29) is 17.8 Å². The van der Waals surface area contributed by atoms with Crippen molar-refractivity contribution in [1.29, 1.82) is 0 Å². The number of furan rings is 1. The summed E-state index contributed by atoms with van der Waals surface area (Å²) in [5.74, 6) is 0.589. The molecule has 0 unspecified atom stereocenters. The highest BCUT2D eigenvalue weighted by Gasteiger charge is 2.34. The zero-order valence-corrected chi connectivity index (χ0v) is 22.1. The van der Waals surface area contributed by atoms with Gasteiger partial charge in [0.2, 0.25) is 0 Å². The molecule has 4 nitrogen and oxygen atoms in total. The van der Waals surface area contributed by atoms with Gasteiger partial charge in [-0.15, -0.1) is 11.3 Å². The number of carboxylic acid groups (broad SMARTS) is 1. The van der Waals surface area contributed by atoms with Crippen LogP contribution in [-0.2, 0) is 11.4 Å². The molecule has 37 heavy (non-hydrogen) atoms. The minimum atomic E-state index is -0.737. The summed E-state index contributed by atoms with van der Waals surface area (Å²) in [6.07, 6.45) is 8.78. The molecule has 5 heteroatoms. The maximum atomic E-state index is 11.5. The zero-order chi connectivity index (χ0) is 25.6. The summed E-state index contributed by atoms with van der Waals surface area (Å²) < 4.78 is 12.1. The van der Waals surface area contributed by atoms with Crippen molar-refractivity contribution in [3.63, 3.8) is 0 Å². The Morgan fingerprint density at radius 1 is 1.19 bits per heavy atom. The van der Waals surface area contributed by atoms with Crippen molar-refractivity contribution >= 4 is 33.8 Å². The van der Waals surface area contributed by atoms with Crippen LogP contribution >= 0.6 is 11.3 Å². The molecule has 2 aromatic heterocycles. The average Bonchev–Trinajstić information content (AvgIpc) is 3.28. The smallest absolute Gasteiger partial charge is 0.303 e. The van der Waals surface area contributed by atoms with Crippen molar-refractivity contribution in [1.82, 2.24) is 0 Å². The lowest BCUT2D eigenvalue weighted by Crippen LogP contribution is -2.11. The fourth-order valence-electron chi connectivity index (χ4n) is 5.85. The molecule has 6 rings (SSSR count). The molecule has 0 saturated heterocycles. The van der Waals surface area contributed by atoms with Gasteiger partial charge in [0.05, 0.1) is 12.7 Å². The van der Waals surface area contributed by atoms with Crippen LogP contribution in [0.4, 0.5) is 0 Å². The summed E-state index contributed by atoms with van der Waals surface area (Å²) in [5, 5.41) is 12.8. The van der Waals surface area contributed by atoms with E-state index < -0.39 is 5.97 Å². The Kier molecular flexibility index (Phi) is 6.20. The number of carboxylic acids is 1. The van der Waals surface area contributed by atoms with Crippen molar-refractivity contribution in [2.24, 2.45) is 11.3 Å². The number of aliphatic carboxylic acids is 1. The Hall–Kier alpha value is -3.31. The molecule has 2 aliphatic carbocycles. The Bertz CT molecular complexity index is 1480. The third-order valence-corrected chi connectivity index (χ3v) is 9.05. The third kappa shape index (κ3) is 4.73. The number of hydrogen-bond donors (Lipinski definition) is 1. The van der Waals surface area contributed by atoms with Gasteiger partial charge >= 0.3 is 5.97 Å². The molecule has 1 saturated carbocycles. The van der Waals surface area contributed by atoms with E-state index in [2.05, 4.69) is 43.5 Å². The molecule has 0 spiro atoms. The maximum absolute atomic E-state index is 11.5. The molecule has 1 fully saturated rings. The van der Waals surface area contributed by atoms with Crippen LogP contribution in [0.25, 0.3) is 27.0 Å². The number of thiophene rings is 1. The van der Waals surface area contributed by atoms with Gasteiger partial charge < -0.3 is 14.3 Å². The highest BCUT2D eigenvalue weighted by atomic mass is 32.1. The highest BCUT2D eigenvalue weighted by molar-refractivity contribution is 7.14. The van der Waals surface area contributed by atoms with E-state index in [0.29, 0.717) is 12.5 Å². The molecule has 0 radical (unpaired) electrons. The minimum absolute atomic E-state index is 0.0595. The van der Waals surface area contributed by atoms with Gasteiger partial charge in [-0.05, 0) is 83.7 Å². The fraction of sp³-hybridized carbons (Fsp3) is 0.344. The molecular formula is C32H32O4S. The topological polar surface area (TPSA) is 59.7 Å². The summed E-state index contributed by atoms with van der Waals surface area (Å²) in [6, 6.07) is 16.4. The lowest BCUT2D eigenvalue weighted by molar-refractivity contribution is -0.137. The van der Waals surface area contributed by atoms with Gasteiger partial charge in [0.1, 0.15) is 17.9 Å². The van der Waals surface area contributed by atoms with Gasteiger partial charge in [-0.2, -0.15) is 0 Å². The molecule has 0 amide bonds. The Labute approximate surface area is 221 Å². The van der Waals surface area contributed by atoms with Gasteiger partial charge in [0.25, 0.3) is 0 Å². The van der Waals surface area contributed by atoms with E-state index in [4.69, 9.17) is 9.15 Å². The van der Waals surface area contributed by atoms with E-state index in [1.807, 2.05) is 30.3 Å². The summed E-state index contributed by atoms with van der Waals surface area (Å²) in [6.45, 7) is 5.14. The second-order valence-electron chi connectivity index (χ2n) is 11.0. The summed E-state index contributed by atoms with van der Waals surface area (Å²) in [7, 11) is 0. The van der Waals surface area contributed by atoms with Crippen LogP contribution in [0.5, 0.6) is 5.75 Å². The van der Waals surface area contributed by atoms with Crippen LogP contribution in [-0.4, -0.2) is 11.1 Å². The summed E-state index contributed by atoms with van der Waals surface area (Å²) >= 11 is 1.77. The second kappa shape index (κ2) is 9.53. The summed E-state index contributed by atoms with van der Waals surface area (Å²) in [5.41, 5.74) is 7.15. The molecule has 190 valence electrons. The average molecular weight is 513 g/mol. The molecule has 1 N–H and O–H groups in total. The molecular weight excluding hydrogens is 480 g/mol. The standard InChI is InChI=1S/C32H32O4S/c1-32(2)14-5-9-27(32)30-22(19-37-31(30)25-8-4-10-28-24(25)13-15-35-28)18-36-23-7-3-6-21(16-23)26(17-29(33)34)20-11-12-20/h3-4,6-10,13,15-16,19-20,26H,5,11-12,14,17-18H2,1-2H3,(H,33,34)/t26-/m0/s1. The van der Waals surface area contributed by atoms with E-state index in [9.17, 15) is 9.90 Å². The lowest BCUT2D eigenvalue weighted by atomic mass is 9.80. The first-order chi connectivity index (χ1) is 17.9. The van der Waals surface area contributed by atoms with Crippen molar-refractivity contribution < 1.29 is 19.1 Å². The highest BCUT2D eigenvalue weighted by Crippen LogP contribution is 2.51. The number of allylic oxidation sites excluding steroid dienone is 2. The number of hydrogen-bond acceptors (Lipinski definition) is 4. The first-order valence-corrected chi connectivity index (χ1v) is 14.0. The molecule has 1 atom stereocenters. The first kappa shape index (κ1) is 24.1. The SMILES string of the molecule is CC1(C)CCC=C1c1c(COc2cccc([C@@H](CC(=O)O)C3CC3)c2)csc1-c1cccc2occc12. The van der Waals surface area contributed by atoms with Gasteiger partial charge in [0, 0.05) is 27.0 Å². The number of fused-ring (bicyclic) bond motifs is 1. The molecule has 2 heterocycles. The molecule has 2 aliphatic rings. The van der Waals surface area contributed by atoms with E-state index in [0.717, 1.165) is 48.0 Å². The van der Waals surface area contributed by atoms with Gasteiger partial charge in [-0.3, -0.25) is 4.79 Å². The Morgan fingerprint density at radius 2 is 2.03 bits per heavy atom. The fourth-order valence-corrected chi connectivity index (χ4v) is 6.96. The number of rotatable bonds is 9. The second-order valence-corrected chi connectivity index (χ2v) is 11.9. The molecule has 0 aliphatic heterocycles. The van der Waals surface area contributed by atoms with Crippen LogP contribution in [0.2, 0.25) is 0 Å². The molecule has 0 bridgehead atoms. The van der Waals surface area contributed by atoms with Crippen LogP contribution in [0.1, 0.15) is 68.6 Å². The Morgan fingerprint density at radius 3 is 2.78 bits per heavy atom. The largest absolute Gasteiger partial charge is 0.489 e. The molecule has 4 aromatic rings. The van der Waals surface area contributed by atoms with Crippen LogP contribution in [0.15, 0.2) is 70.7 Å². The molecule has 2 aromatic carbocycles. The van der Waals surface area contributed by atoms with Gasteiger partial charge in [-0.1, -0.05) is 44.2 Å². The zero-order valence-electron chi connectivity index (χ0n) is 21.3. The Balaban J connectivity index is 1.34. The van der Waals surface area contributed by atoms with Crippen LogP contribution in [0, 0.1) is 11.3 Å². The predicted octanol–water partition coefficient (Wildman–Crippen LogP) is 8.91. The van der Waals surface area contributed by atoms with Gasteiger partial charge in [0.15, 0.2) is 0 Å². The van der Waals surface area contributed by atoms with Crippen LogP contribution in [0.3, 0.4) is 0 Å². The predicted molar refractivity (Wildman–Crippen MR) is 149 cm³/mol. The normalized spacial score (nSPS) is 17.6. The first-order valence-electron chi connectivity index (χ1n) is 13.1. The lowest BCUT2D eigenvalue weighted by Gasteiger charge is -2.24. The van der Waals surface area contributed by atoms with Crippen LogP contribution < -0.4 is 4.74 Å². The number of ether oxygens (including phenoxy) is 1. The summed E-state index contributed by atoms with van der Waals surface area (Å²) in [4.78, 5) is 12.7. The minimum Gasteiger partial charge on any atom is -0.489 e.